The Bertz CT molecular complexity index is 1460. The topological polar surface area (TPSA) is 188 Å². The van der Waals surface area contributed by atoms with Crippen LogP contribution in [0.2, 0.25) is 10.0 Å². The number of aryl methyl sites for hydroxylation is 1. The summed E-state index contributed by atoms with van der Waals surface area (Å²) < 4.78 is 5.47. The van der Waals surface area contributed by atoms with Crippen LogP contribution in [-0.4, -0.2) is 49.8 Å². The van der Waals surface area contributed by atoms with Gasteiger partial charge in [-0.1, -0.05) is 68.8 Å². The largest absolute Gasteiger partial charge is 0.465 e. The number of nitrogen functional groups attached to an aromatic ring is 1. The zero-order valence-corrected chi connectivity index (χ0v) is 24.8. The third-order valence-corrected chi connectivity index (χ3v) is 8.61. The molecule has 3 aromatic rings. The summed E-state index contributed by atoms with van der Waals surface area (Å²) in [6.07, 6.45) is 0.630. The van der Waals surface area contributed by atoms with Gasteiger partial charge in [-0.3, -0.25) is 9.59 Å². The summed E-state index contributed by atoms with van der Waals surface area (Å²) in [7, 11) is 0. The predicted octanol–water partition coefficient (Wildman–Crippen LogP) is 4.37. The van der Waals surface area contributed by atoms with Crippen LogP contribution in [0.4, 0.5) is 10.8 Å². The van der Waals surface area contributed by atoms with Crippen LogP contribution in [0.15, 0.2) is 16.5 Å². The molecule has 0 aliphatic heterocycles. The molecule has 5 atom stereocenters. The summed E-state index contributed by atoms with van der Waals surface area (Å²) in [6.45, 7) is 7.52. The van der Waals surface area contributed by atoms with Crippen LogP contribution in [0.25, 0.3) is 10.9 Å². The van der Waals surface area contributed by atoms with Crippen LogP contribution in [-0.2, 0) is 22.4 Å². The van der Waals surface area contributed by atoms with E-state index >= 15 is 0 Å². The molecular formula is C27H35Cl2N7O5. The third-order valence-electron chi connectivity index (χ3n) is 8.09. The molecule has 2 aromatic heterocycles. The molecule has 1 aliphatic carbocycles. The number of anilines is 1. The van der Waals surface area contributed by atoms with Crippen LogP contribution in [0.5, 0.6) is 0 Å². The fourth-order valence-corrected chi connectivity index (χ4v) is 5.85. The number of aromatic amines is 1. The molecule has 2 heterocycles. The van der Waals surface area contributed by atoms with E-state index in [4.69, 9.17) is 33.4 Å². The Labute approximate surface area is 247 Å². The van der Waals surface area contributed by atoms with Crippen molar-refractivity contribution in [3.63, 3.8) is 0 Å². The Hall–Kier alpha value is -3.51. The smallest absolute Gasteiger partial charge is 0.405 e. The highest BCUT2D eigenvalue weighted by Gasteiger charge is 2.47. The normalized spacial score (nSPS) is 19.6. The number of H-pyrrole nitrogens is 1. The quantitative estimate of drug-likeness (QED) is 0.196. The van der Waals surface area contributed by atoms with Gasteiger partial charge in [0.2, 0.25) is 17.7 Å². The van der Waals surface area contributed by atoms with Crippen LogP contribution in [0.3, 0.4) is 0 Å². The van der Waals surface area contributed by atoms with Crippen molar-refractivity contribution in [3.05, 3.63) is 39.3 Å². The number of hydrogen-bond donors (Lipinski definition) is 6. The van der Waals surface area contributed by atoms with Gasteiger partial charge in [-0.15, -0.1) is 5.10 Å². The van der Waals surface area contributed by atoms with E-state index in [0.29, 0.717) is 34.8 Å². The number of carbonyl (C=O) groups is 3. The van der Waals surface area contributed by atoms with Gasteiger partial charge < -0.3 is 36.2 Å². The maximum Gasteiger partial charge on any atom is 0.405 e. The molecule has 1 aliphatic rings. The SMILES string of the molecule is CCC(C)[C@H](NC(=O)O)C(=O)N[C@@]1(C(=O)N[C@@H](c2nnc(N)o2)C(C)CC)CCc2[nH]c3c(Cl)cc(Cl)cc3c2C1. The first-order valence-electron chi connectivity index (χ1n) is 13.6. The van der Waals surface area contributed by atoms with Crippen LogP contribution in [0, 0.1) is 11.8 Å². The van der Waals surface area contributed by atoms with Gasteiger partial charge in [0.05, 0.1) is 10.5 Å². The molecule has 14 heteroatoms. The van der Waals surface area contributed by atoms with E-state index in [-0.39, 0.29) is 36.6 Å². The molecule has 2 unspecified atom stereocenters. The lowest BCUT2D eigenvalue weighted by Gasteiger charge is -2.39. The molecule has 1 aromatic carbocycles. The molecule has 7 N–H and O–H groups in total. The average molecular weight is 609 g/mol. The minimum absolute atomic E-state index is 0.107. The minimum Gasteiger partial charge on any atom is -0.465 e. The Kier molecular flexibility index (Phi) is 9.03. The molecule has 4 rings (SSSR count). The number of aromatic nitrogens is 3. The number of nitrogens with two attached hydrogens (primary N) is 1. The zero-order chi connectivity index (χ0) is 30.1. The summed E-state index contributed by atoms with van der Waals surface area (Å²) in [5.41, 5.74) is 6.58. The van der Waals surface area contributed by atoms with Crippen molar-refractivity contribution < 1.29 is 23.9 Å². The van der Waals surface area contributed by atoms with Crippen molar-refractivity contribution in [2.75, 3.05) is 5.73 Å². The Morgan fingerprint density at radius 3 is 2.46 bits per heavy atom. The van der Waals surface area contributed by atoms with Crippen molar-refractivity contribution in [1.29, 1.82) is 0 Å². The van der Waals surface area contributed by atoms with E-state index in [1.54, 1.807) is 19.1 Å². The zero-order valence-electron chi connectivity index (χ0n) is 23.3. The number of benzene rings is 1. The van der Waals surface area contributed by atoms with E-state index in [1.165, 1.54) is 0 Å². The van der Waals surface area contributed by atoms with Gasteiger partial charge in [0.1, 0.15) is 17.6 Å². The number of nitrogens with one attached hydrogen (secondary N) is 4. The highest BCUT2D eigenvalue weighted by molar-refractivity contribution is 6.38. The number of carbonyl (C=O) groups excluding carboxylic acids is 2. The lowest BCUT2D eigenvalue weighted by molar-refractivity contribution is -0.136. The first-order valence-corrected chi connectivity index (χ1v) is 14.3. The number of fused-ring (bicyclic) bond motifs is 3. The van der Waals surface area contributed by atoms with Gasteiger partial charge in [-0.25, -0.2) is 4.79 Å². The highest BCUT2D eigenvalue weighted by Crippen LogP contribution is 2.39. The number of amides is 3. The first-order chi connectivity index (χ1) is 19.4. The second-order valence-corrected chi connectivity index (χ2v) is 11.6. The lowest BCUT2D eigenvalue weighted by atomic mass is 9.78. The van der Waals surface area contributed by atoms with Gasteiger partial charge >= 0.3 is 12.1 Å². The Morgan fingerprint density at radius 1 is 1.15 bits per heavy atom. The molecule has 222 valence electrons. The summed E-state index contributed by atoms with van der Waals surface area (Å²) in [4.78, 5) is 42.9. The molecule has 41 heavy (non-hydrogen) atoms. The molecule has 12 nitrogen and oxygen atoms in total. The van der Waals surface area contributed by atoms with Crippen molar-refractivity contribution in [3.8, 4) is 0 Å². The average Bonchev–Trinajstić information content (AvgIpc) is 3.52. The standard InChI is InChI=1S/C27H35Cl2N7O5/c1-5-12(3)19(33-26(39)40)22(37)34-27(24(38)32-20(13(4)6-2)23-35-36-25(30)41-23)8-7-18-16(11-27)15-9-14(28)10-17(29)21(15)31-18/h9-10,12-13,19-20,31,33H,5-8,11H2,1-4H3,(H2,30,36)(H,32,38)(H,34,37)(H,39,40)/t12?,13?,19-,20+,27-/m0/s1. The molecule has 0 fully saturated rings. The minimum atomic E-state index is -1.45. The van der Waals surface area contributed by atoms with E-state index in [1.807, 2.05) is 20.8 Å². The second kappa shape index (κ2) is 12.2. The van der Waals surface area contributed by atoms with E-state index in [0.717, 1.165) is 16.6 Å². The van der Waals surface area contributed by atoms with Gasteiger partial charge in [-0.2, -0.15) is 0 Å². The highest BCUT2D eigenvalue weighted by atomic mass is 35.5. The molecule has 3 amide bonds. The van der Waals surface area contributed by atoms with Crippen molar-refractivity contribution in [2.45, 2.75) is 77.4 Å². The van der Waals surface area contributed by atoms with E-state index in [2.05, 4.69) is 31.1 Å². The summed E-state index contributed by atoms with van der Waals surface area (Å²) in [6, 6.07) is 1.52. The molecular weight excluding hydrogens is 573 g/mol. The fourth-order valence-electron chi connectivity index (χ4n) is 5.31. The van der Waals surface area contributed by atoms with Gasteiger partial charge in [0.25, 0.3) is 0 Å². The molecule has 0 saturated heterocycles. The van der Waals surface area contributed by atoms with E-state index < -0.39 is 35.5 Å². The molecule has 0 bridgehead atoms. The predicted molar refractivity (Wildman–Crippen MR) is 155 cm³/mol. The maximum absolute atomic E-state index is 14.3. The summed E-state index contributed by atoms with van der Waals surface area (Å²) >= 11 is 12.8. The molecule has 0 spiro atoms. The summed E-state index contributed by atoms with van der Waals surface area (Å²) in [5.74, 6) is -1.36. The number of carboxylic acid groups (broad SMARTS) is 1. The van der Waals surface area contributed by atoms with Crippen molar-refractivity contribution >= 4 is 58.0 Å². The monoisotopic (exact) mass is 607 g/mol. The Morgan fingerprint density at radius 2 is 1.85 bits per heavy atom. The number of nitrogens with zero attached hydrogens (tertiary/aromatic N) is 2. The Balaban J connectivity index is 1.77. The van der Waals surface area contributed by atoms with Gasteiger partial charge in [-0.05, 0) is 42.4 Å². The van der Waals surface area contributed by atoms with Crippen LogP contribution >= 0.6 is 23.2 Å². The number of hydrogen-bond acceptors (Lipinski definition) is 7. The summed E-state index contributed by atoms with van der Waals surface area (Å²) in [5, 5.41) is 27.1. The molecule has 0 radical (unpaired) electrons. The van der Waals surface area contributed by atoms with Gasteiger partial charge in [0, 0.05) is 22.5 Å². The first kappa shape index (κ1) is 30.4. The van der Waals surface area contributed by atoms with Crippen molar-refractivity contribution in [2.24, 2.45) is 11.8 Å². The fraction of sp³-hybridized carbons (Fsp3) is 0.519. The number of halogens is 2. The number of rotatable bonds is 10. The molecule has 0 saturated carbocycles. The van der Waals surface area contributed by atoms with Crippen molar-refractivity contribution in [1.82, 2.24) is 31.1 Å². The van der Waals surface area contributed by atoms with Crippen LogP contribution in [0.1, 0.15) is 70.1 Å². The van der Waals surface area contributed by atoms with Gasteiger partial charge in [0.15, 0.2) is 0 Å². The second-order valence-electron chi connectivity index (χ2n) is 10.8. The van der Waals surface area contributed by atoms with Crippen LogP contribution < -0.4 is 21.7 Å². The van der Waals surface area contributed by atoms with E-state index in [9.17, 15) is 19.5 Å². The third kappa shape index (κ3) is 6.23. The lowest BCUT2D eigenvalue weighted by Crippen LogP contribution is -2.65. The maximum atomic E-state index is 14.3.